The number of imidazole rings is 1. The number of phenolic OH excluding ortho intramolecular Hbond substituents is 1. The van der Waals surface area contributed by atoms with E-state index in [1.807, 2.05) is 4.57 Å². The molecule has 1 heterocycles. The molecule has 3 rings (SSSR count). The number of fused-ring (bicyclic) bond motifs is 1. The van der Waals surface area contributed by atoms with Crippen molar-refractivity contribution in [2.24, 2.45) is 0 Å². The van der Waals surface area contributed by atoms with Gasteiger partial charge in [0.25, 0.3) is 5.69 Å². The van der Waals surface area contributed by atoms with Crippen LogP contribution >= 0.6 is 11.6 Å². The molecule has 3 aromatic rings. The molecule has 0 atom stereocenters. The Labute approximate surface area is 148 Å². The maximum Gasteiger partial charge on any atom is 0.274 e. The van der Waals surface area contributed by atoms with E-state index in [9.17, 15) is 15.2 Å². The molecule has 0 aliphatic rings. The number of nitro groups is 1. The van der Waals surface area contributed by atoms with Crippen molar-refractivity contribution in [1.29, 1.82) is 0 Å². The highest BCUT2D eigenvalue weighted by molar-refractivity contribution is 6.32. The highest BCUT2D eigenvalue weighted by Crippen LogP contribution is 2.41. The van der Waals surface area contributed by atoms with Crippen LogP contribution in [0.5, 0.6) is 17.2 Å². The third-order valence-electron chi connectivity index (χ3n) is 3.68. The molecule has 7 nitrogen and oxygen atoms in total. The average Bonchev–Trinajstić information content (AvgIpc) is 2.93. The van der Waals surface area contributed by atoms with Gasteiger partial charge in [-0.1, -0.05) is 11.6 Å². The minimum atomic E-state index is -0.636. The highest BCUT2D eigenvalue weighted by atomic mass is 35.5. The fraction of sp³-hybridized carbons (Fsp3) is 0.235. The summed E-state index contributed by atoms with van der Waals surface area (Å²) in [5, 5.41) is 20.8. The van der Waals surface area contributed by atoms with E-state index < -0.39 is 10.7 Å². The molecule has 1 N–H and O–H groups in total. The Morgan fingerprint density at radius 2 is 2.00 bits per heavy atom. The number of aromatic hydroxyl groups is 1. The van der Waals surface area contributed by atoms with Crippen molar-refractivity contribution in [2.45, 2.75) is 26.3 Å². The molecule has 2 aromatic carbocycles. The van der Waals surface area contributed by atoms with Crippen LogP contribution < -0.4 is 4.74 Å². The van der Waals surface area contributed by atoms with E-state index in [0.29, 0.717) is 5.75 Å². The summed E-state index contributed by atoms with van der Waals surface area (Å²) in [6.07, 6.45) is 1.75. The number of hydrogen-bond acceptors (Lipinski definition) is 5. The van der Waals surface area contributed by atoms with Crippen LogP contribution in [0.4, 0.5) is 5.69 Å². The minimum absolute atomic E-state index is 0.0339. The van der Waals surface area contributed by atoms with Crippen LogP contribution in [-0.4, -0.2) is 19.6 Å². The minimum Gasteiger partial charge on any atom is -0.504 e. The summed E-state index contributed by atoms with van der Waals surface area (Å²) >= 11 is 6.02. The van der Waals surface area contributed by atoms with Gasteiger partial charge in [0.15, 0.2) is 11.5 Å². The first-order valence-corrected chi connectivity index (χ1v) is 7.87. The average molecular weight is 362 g/mol. The van der Waals surface area contributed by atoms with Crippen LogP contribution in [0.3, 0.4) is 0 Å². The van der Waals surface area contributed by atoms with Gasteiger partial charge in [-0.25, -0.2) is 4.98 Å². The van der Waals surface area contributed by atoms with Gasteiger partial charge in [0.1, 0.15) is 5.75 Å². The summed E-state index contributed by atoms with van der Waals surface area (Å²) in [6.45, 7) is 6.17. The van der Waals surface area contributed by atoms with E-state index in [0.717, 1.165) is 23.2 Å². The van der Waals surface area contributed by atoms with Gasteiger partial charge in [-0.2, -0.15) is 0 Å². The zero-order valence-electron chi connectivity index (χ0n) is 13.9. The molecule has 0 saturated carbocycles. The number of halogens is 1. The molecule has 0 aliphatic heterocycles. The van der Waals surface area contributed by atoms with Gasteiger partial charge in [-0.05, 0) is 32.9 Å². The first-order chi connectivity index (χ1) is 11.7. The van der Waals surface area contributed by atoms with Crippen LogP contribution in [0.15, 0.2) is 36.7 Å². The molecule has 130 valence electrons. The quantitative estimate of drug-likeness (QED) is 0.531. The lowest BCUT2D eigenvalue weighted by atomic mass is 10.1. The lowest BCUT2D eigenvalue weighted by Crippen LogP contribution is -2.20. The van der Waals surface area contributed by atoms with E-state index in [1.54, 1.807) is 24.5 Å². The van der Waals surface area contributed by atoms with Crippen LogP contribution in [0, 0.1) is 10.1 Å². The number of ether oxygens (including phenoxy) is 1. The van der Waals surface area contributed by atoms with Gasteiger partial charge < -0.3 is 14.4 Å². The van der Waals surface area contributed by atoms with Crippen LogP contribution in [0.2, 0.25) is 5.02 Å². The summed E-state index contributed by atoms with van der Waals surface area (Å²) in [5.41, 5.74) is 1.19. The third-order valence-corrected chi connectivity index (χ3v) is 3.96. The fourth-order valence-corrected chi connectivity index (χ4v) is 2.72. The molecule has 0 fully saturated rings. The Balaban J connectivity index is 2.03. The Morgan fingerprint density at radius 3 is 2.60 bits per heavy atom. The molecule has 1 aromatic heterocycles. The van der Waals surface area contributed by atoms with Crippen molar-refractivity contribution in [2.75, 3.05) is 0 Å². The normalized spacial score (nSPS) is 11.7. The number of non-ortho nitro benzene ring substituents is 1. The van der Waals surface area contributed by atoms with Gasteiger partial charge in [-0.3, -0.25) is 10.1 Å². The van der Waals surface area contributed by atoms with Crippen molar-refractivity contribution in [3.63, 3.8) is 0 Å². The number of hydrogen-bond donors (Lipinski definition) is 1. The second kappa shape index (κ2) is 5.93. The van der Waals surface area contributed by atoms with Crippen molar-refractivity contribution < 1.29 is 14.8 Å². The highest BCUT2D eigenvalue weighted by Gasteiger charge is 2.19. The molecule has 0 bridgehead atoms. The largest absolute Gasteiger partial charge is 0.504 e. The first kappa shape index (κ1) is 17.0. The number of aromatic nitrogens is 2. The first-order valence-electron chi connectivity index (χ1n) is 7.49. The number of nitrogens with zero attached hydrogens (tertiary/aromatic N) is 3. The Bertz CT molecular complexity index is 953. The molecule has 0 amide bonds. The van der Waals surface area contributed by atoms with Gasteiger partial charge >= 0.3 is 0 Å². The second-order valence-corrected chi connectivity index (χ2v) is 6.98. The second-order valence-electron chi connectivity index (χ2n) is 6.57. The third kappa shape index (κ3) is 3.23. The number of nitro benzene ring substituents is 1. The van der Waals surface area contributed by atoms with Crippen molar-refractivity contribution in [1.82, 2.24) is 9.55 Å². The molecule has 0 saturated heterocycles. The summed E-state index contributed by atoms with van der Waals surface area (Å²) in [4.78, 5) is 14.5. The molecule has 0 aliphatic carbocycles. The maximum absolute atomic E-state index is 10.8. The van der Waals surface area contributed by atoms with Crippen molar-refractivity contribution in [3.8, 4) is 17.2 Å². The van der Waals surface area contributed by atoms with E-state index in [4.69, 9.17) is 16.3 Å². The zero-order chi connectivity index (χ0) is 18.4. The zero-order valence-corrected chi connectivity index (χ0v) is 14.6. The lowest BCUT2D eigenvalue weighted by Gasteiger charge is -2.21. The monoisotopic (exact) mass is 361 g/mol. The van der Waals surface area contributed by atoms with Crippen molar-refractivity contribution >= 4 is 28.3 Å². The van der Waals surface area contributed by atoms with Crippen LogP contribution in [0.25, 0.3) is 11.0 Å². The summed E-state index contributed by atoms with van der Waals surface area (Å²) in [5.74, 6) is 0.00150. The molecule has 8 heteroatoms. The van der Waals surface area contributed by atoms with Gasteiger partial charge in [-0.15, -0.1) is 0 Å². The van der Waals surface area contributed by atoms with Gasteiger partial charge in [0.2, 0.25) is 0 Å². The lowest BCUT2D eigenvalue weighted by molar-refractivity contribution is -0.384. The van der Waals surface area contributed by atoms with Gasteiger partial charge in [0, 0.05) is 17.7 Å². The van der Waals surface area contributed by atoms with E-state index in [1.165, 1.54) is 0 Å². The van der Waals surface area contributed by atoms with Crippen LogP contribution in [-0.2, 0) is 5.54 Å². The predicted octanol–water partition coefficient (Wildman–Crippen LogP) is 4.85. The maximum atomic E-state index is 10.8. The predicted molar refractivity (Wildman–Crippen MR) is 94.6 cm³/mol. The van der Waals surface area contributed by atoms with E-state index >= 15 is 0 Å². The van der Waals surface area contributed by atoms with Crippen LogP contribution in [0.1, 0.15) is 20.8 Å². The van der Waals surface area contributed by atoms with Gasteiger partial charge in [0.05, 0.1) is 33.4 Å². The number of benzene rings is 2. The Hall–Kier alpha value is -2.80. The van der Waals surface area contributed by atoms with Crippen molar-refractivity contribution in [3.05, 3.63) is 51.8 Å². The molecule has 0 radical (unpaired) electrons. The van der Waals surface area contributed by atoms with E-state index in [-0.39, 0.29) is 22.0 Å². The standard InChI is InChI=1S/C17H16ClN3O4/c1-17(2,3)20-9-19-13-5-4-11(8-14(13)20)25-16-12(18)6-10(21(23)24)7-15(16)22/h4-9,22H,1-3H3. The SMILES string of the molecule is CC(C)(C)n1cnc2ccc(Oc3c(O)cc([N+](=O)[O-])cc3Cl)cc21. The molecular weight excluding hydrogens is 346 g/mol. The summed E-state index contributed by atoms with van der Waals surface area (Å²) < 4.78 is 7.68. The Morgan fingerprint density at radius 1 is 1.28 bits per heavy atom. The molecule has 25 heavy (non-hydrogen) atoms. The molecule has 0 unspecified atom stereocenters. The number of rotatable bonds is 3. The fourth-order valence-electron chi connectivity index (χ4n) is 2.47. The Kier molecular flexibility index (Phi) is 4.04. The molecular formula is C17H16ClN3O4. The number of phenols is 1. The summed E-state index contributed by atoms with van der Waals surface area (Å²) in [6, 6.07) is 7.40. The topological polar surface area (TPSA) is 90.4 Å². The summed E-state index contributed by atoms with van der Waals surface area (Å²) in [7, 11) is 0. The smallest absolute Gasteiger partial charge is 0.274 e. The van der Waals surface area contributed by atoms with E-state index in [2.05, 4.69) is 25.8 Å². The molecule has 0 spiro atoms.